The van der Waals surface area contributed by atoms with E-state index in [1.165, 1.54) is 12.3 Å². The van der Waals surface area contributed by atoms with Crippen molar-refractivity contribution in [1.29, 1.82) is 0 Å². The number of hydrogen-bond acceptors (Lipinski definition) is 6. The lowest BCUT2D eigenvalue weighted by Crippen LogP contribution is -2.50. The van der Waals surface area contributed by atoms with E-state index in [4.69, 9.17) is 4.74 Å². The Hall–Kier alpha value is -2.38. The lowest BCUT2D eigenvalue weighted by molar-refractivity contribution is -0.389. The summed E-state index contributed by atoms with van der Waals surface area (Å²) in [4.78, 5) is 29.6. The van der Waals surface area contributed by atoms with Crippen molar-refractivity contribution in [3.05, 3.63) is 28.4 Å². The summed E-state index contributed by atoms with van der Waals surface area (Å²) in [5.74, 6) is -0.174. The summed E-state index contributed by atoms with van der Waals surface area (Å²) in [7, 11) is 0. The third-order valence-corrected chi connectivity index (χ3v) is 3.21. The van der Waals surface area contributed by atoms with Crippen molar-refractivity contribution >= 4 is 17.6 Å². The zero-order valence-electron chi connectivity index (χ0n) is 13.0. The van der Waals surface area contributed by atoms with Gasteiger partial charge in [0.05, 0.1) is 6.07 Å². The van der Waals surface area contributed by atoms with Crippen molar-refractivity contribution in [2.24, 2.45) is 0 Å². The minimum absolute atomic E-state index is 0.174. The molecule has 0 radical (unpaired) electrons. The zero-order chi connectivity index (χ0) is 16.3. The first-order valence-corrected chi connectivity index (χ1v) is 7.09. The molecule has 1 fully saturated rings. The molecule has 0 unspecified atom stereocenters. The van der Waals surface area contributed by atoms with Gasteiger partial charge < -0.3 is 24.7 Å². The summed E-state index contributed by atoms with van der Waals surface area (Å²) in [6.45, 7) is 7.72. The van der Waals surface area contributed by atoms with Crippen molar-refractivity contribution in [3.8, 4) is 0 Å². The van der Waals surface area contributed by atoms with Gasteiger partial charge in [-0.05, 0) is 30.7 Å². The minimum Gasteiger partial charge on any atom is -0.444 e. The van der Waals surface area contributed by atoms with Crippen LogP contribution >= 0.6 is 0 Å². The average molecular weight is 308 g/mol. The Bertz CT molecular complexity index is 562. The number of amides is 1. The Balaban J connectivity index is 1.96. The molecule has 22 heavy (non-hydrogen) atoms. The summed E-state index contributed by atoms with van der Waals surface area (Å²) in [5.41, 5.74) is 0.227. The van der Waals surface area contributed by atoms with E-state index in [1.54, 1.807) is 11.0 Å². The van der Waals surface area contributed by atoms with E-state index in [-0.39, 0.29) is 11.9 Å². The van der Waals surface area contributed by atoms with Crippen LogP contribution in [0.4, 0.5) is 16.3 Å². The molecule has 0 aliphatic carbocycles. The molecule has 0 atom stereocenters. The molecule has 1 aromatic rings. The Morgan fingerprint density at radius 3 is 2.50 bits per heavy atom. The van der Waals surface area contributed by atoms with Crippen LogP contribution < -0.4 is 4.90 Å². The molecule has 2 rings (SSSR count). The van der Waals surface area contributed by atoms with Crippen LogP contribution in [0.3, 0.4) is 0 Å². The fourth-order valence-corrected chi connectivity index (χ4v) is 2.18. The molecule has 2 heterocycles. The molecule has 0 saturated carbocycles. The first-order valence-electron chi connectivity index (χ1n) is 7.09. The van der Waals surface area contributed by atoms with Gasteiger partial charge in [0.1, 0.15) is 11.8 Å². The predicted molar refractivity (Wildman–Crippen MR) is 80.9 cm³/mol. The van der Waals surface area contributed by atoms with E-state index in [0.717, 1.165) is 5.69 Å². The van der Waals surface area contributed by atoms with Gasteiger partial charge in [0.25, 0.3) is 0 Å². The lowest BCUT2D eigenvalue weighted by Gasteiger charge is -2.36. The molecule has 8 nitrogen and oxygen atoms in total. The molecule has 0 bridgehead atoms. The van der Waals surface area contributed by atoms with Crippen molar-refractivity contribution in [1.82, 2.24) is 9.88 Å². The molecule has 1 aromatic heterocycles. The Morgan fingerprint density at radius 2 is 1.95 bits per heavy atom. The second kappa shape index (κ2) is 6.17. The van der Waals surface area contributed by atoms with Gasteiger partial charge in [0, 0.05) is 37.9 Å². The standard InChI is InChI=1S/C14H20N4O4/c1-14(2,3)22-13(19)17-8-6-16(7-9-17)11-4-5-15-12(10-11)18(20)21/h4-5,10H,6-9H2,1-3H3. The molecule has 1 saturated heterocycles. The van der Waals surface area contributed by atoms with E-state index in [9.17, 15) is 14.9 Å². The first-order chi connectivity index (χ1) is 10.3. The number of hydrogen-bond donors (Lipinski definition) is 0. The van der Waals surface area contributed by atoms with Crippen molar-refractivity contribution in [2.45, 2.75) is 26.4 Å². The van der Waals surface area contributed by atoms with Gasteiger partial charge in [-0.2, -0.15) is 0 Å². The summed E-state index contributed by atoms with van der Waals surface area (Å²) in [6.07, 6.45) is 1.10. The number of anilines is 1. The van der Waals surface area contributed by atoms with Gasteiger partial charge in [0.2, 0.25) is 0 Å². The molecule has 0 aromatic carbocycles. The number of carbonyl (C=O) groups is 1. The van der Waals surface area contributed by atoms with Crippen LogP contribution in [0.2, 0.25) is 0 Å². The quantitative estimate of drug-likeness (QED) is 0.613. The monoisotopic (exact) mass is 308 g/mol. The highest BCUT2D eigenvalue weighted by Crippen LogP contribution is 2.20. The maximum atomic E-state index is 12.0. The summed E-state index contributed by atoms with van der Waals surface area (Å²) in [6, 6.07) is 3.18. The van der Waals surface area contributed by atoms with E-state index in [1.807, 2.05) is 25.7 Å². The number of nitro groups is 1. The summed E-state index contributed by atoms with van der Waals surface area (Å²) >= 11 is 0. The lowest BCUT2D eigenvalue weighted by atomic mass is 10.2. The molecule has 8 heteroatoms. The van der Waals surface area contributed by atoms with Crippen LogP contribution in [0, 0.1) is 10.1 Å². The molecule has 1 aliphatic heterocycles. The normalized spacial score (nSPS) is 15.6. The first kappa shape index (κ1) is 16.0. The van der Waals surface area contributed by atoms with Gasteiger partial charge in [-0.1, -0.05) is 0 Å². The smallest absolute Gasteiger partial charge is 0.410 e. The fraction of sp³-hybridized carbons (Fsp3) is 0.571. The highest BCUT2D eigenvalue weighted by atomic mass is 16.6. The van der Waals surface area contributed by atoms with Crippen LogP contribution in [0.25, 0.3) is 0 Å². The maximum absolute atomic E-state index is 12.0. The van der Waals surface area contributed by atoms with E-state index in [0.29, 0.717) is 26.2 Å². The molecule has 0 N–H and O–H groups in total. The minimum atomic E-state index is -0.514. The maximum Gasteiger partial charge on any atom is 0.410 e. The fourth-order valence-electron chi connectivity index (χ4n) is 2.18. The van der Waals surface area contributed by atoms with Gasteiger partial charge in [-0.25, -0.2) is 4.79 Å². The number of piperazine rings is 1. The molecule has 1 aliphatic rings. The highest BCUT2D eigenvalue weighted by molar-refractivity contribution is 5.68. The van der Waals surface area contributed by atoms with E-state index >= 15 is 0 Å². The van der Waals surface area contributed by atoms with Crippen LogP contribution in [-0.2, 0) is 4.74 Å². The van der Waals surface area contributed by atoms with Gasteiger partial charge in [0.15, 0.2) is 0 Å². The molecule has 1 amide bonds. The summed E-state index contributed by atoms with van der Waals surface area (Å²) in [5, 5.41) is 10.8. The van der Waals surface area contributed by atoms with Gasteiger partial charge in [-0.15, -0.1) is 0 Å². The number of aromatic nitrogens is 1. The molecular formula is C14H20N4O4. The van der Waals surface area contributed by atoms with Crippen LogP contribution in [0.1, 0.15) is 20.8 Å². The average Bonchev–Trinajstić information content (AvgIpc) is 2.46. The van der Waals surface area contributed by atoms with Crippen LogP contribution in [0.5, 0.6) is 0 Å². The molecular weight excluding hydrogens is 288 g/mol. The number of rotatable bonds is 2. The van der Waals surface area contributed by atoms with Crippen LogP contribution in [0.15, 0.2) is 18.3 Å². The molecule has 0 spiro atoms. The molecule has 120 valence electrons. The summed E-state index contributed by atoms with van der Waals surface area (Å²) < 4.78 is 5.34. The van der Waals surface area contributed by atoms with Gasteiger partial charge >= 0.3 is 11.9 Å². The Labute approximate surface area is 128 Å². The number of ether oxygens (including phenoxy) is 1. The van der Waals surface area contributed by atoms with Crippen LogP contribution in [-0.4, -0.2) is 52.7 Å². The number of pyridine rings is 1. The van der Waals surface area contributed by atoms with E-state index in [2.05, 4.69) is 4.98 Å². The largest absolute Gasteiger partial charge is 0.444 e. The topological polar surface area (TPSA) is 88.8 Å². The Kier molecular flexibility index (Phi) is 4.48. The van der Waals surface area contributed by atoms with Crippen molar-refractivity contribution < 1.29 is 14.5 Å². The van der Waals surface area contributed by atoms with Crippen molar-refractivity contribution in [3.63, 3.8) is 0 Å². The third kappa shape index (κ3) is 4.06. The van der Waals surface area contributed by atoms with E-state index < -0.39 is 10.5 Å². The number of nitrogens with zero attached hydrogens (tertiary/aromatic N) is 4. The van der Waals surface area contributed by atoms with Crippen molar-refractivity contribution in [2.75, 3.05) is 31.1 Å². The van der Waals surface area contributed by atoms with Gasteiger partial charge in [-0.3, -0.25) is 0 Å². The zero-order valence-corrected chi connectivity index (χ0v) is 13.0. The highest BCUT2D eigenvalue weighted by Gasteiger charge is 2.26. The SMILES string of the molecule is CC(C)(C)OC(=O)N1CCN(c2ccnc([N+](=O)[O-])c2)CC1. The second-order valence-electron chi connectivity index (χ2n) is 6.08. The second-order valence-corrected chi connectivity index (χ2v) is 6.08. The third-order valence-electron chi connectivity index (χ3n) is 3.21. The number of carbonyl (C=O) groups excluding carboxylic acids is 1. The predicted octanol–water partition coefficient (Wildman–Crippen LogP) is 2.05. The Morgan fingerprint density at radius 1 is 1.32 bits per heavy atom.